The molecule has 6 nitrogen and oxygen atoms in total. The van der Waals surface area contributed by atoms with E-state index in [2.05, 4.69) is 39.4 Å². The Morgan fingerprint density at radius 2 is 1.88 bits per heavy atom. The molecule has 0 spiro atoms. The molecule has 1 aromatic carbocycles. The Morgan fingerprint density at radius 1 is 1.12 bits per heavy atom. The number of piperazine rings is 1. The molecule has 3 rings (SSSR count). The summed E-state index contributed by atoms with van der Waals surface area (Å²) in [6, 6.07) is 7.84. The molecule has 126 valence electrons. The van der Waals surface area contributed by atoms with Gasteiger partial charge in [0.05, 0.1) is 0 Å². The average Bonchev–Trinajstić information content (AvgIpc) is 2.58. The number of hydrogen-bond donors (Lipinski definition) is 1. The zero-order valence-electron chi connectivity index (χ0n) is 14.4. The smallest absolute Gasteiger partial charge is 0.272 e. The number of carbonyl (C=O) groups excluding carboxylic acids is 1. The highest BCUT2D eigenvalue weighted by atomic mass is 16.2. The minimum Gasteiger partial charge on any atom is -0.335 e. The number of amides is 1. The highest BCUT2D eigenvalue weighted by molar-refractivity contribution is 5.92. The van der Waals surface area contributed by atoms with E-state index < -0.39 is 0 Å². The highest BCUT2D eigenvalue weighted by Gasteiger charge is 2.21. The molecule has 0 unspecified atom stereocenters. The third kappa shape index (κ3) is 3.71. The zero-order chi connectivity index (χ0) is 17.1. The number of nitrogens with zero attached hydrogens (tertiary/aromatic N) is 4. The van der Waals surface area contributed by atoms with Gasteiger partial charge in [-0.2, -0.15) is 0 Å². The van der Waals surface area contributed by atoms with Gasteiger partial charge in [0.15, 0.2) is 0 Å². The summed E-state index contributed by atoms with van der Waals surface area (Å²) in [5, 5.41) is 3.22. The van der Waals surface area contributed by atoms with Crippen molar-refractivity contribution < 1.29 is 4.79 Å². The Morgan fingerprint density at radius 3 is 2.62 bits per heavy atom. The van der Waals surface area contributed by atoms with Gasteiger partial charge in [0.2, 0.25) is 5.95 Å². The summed E-state index contributed by atoms with van der Waals surface area (Å²) in [5.74, 6) is 0.415. The number of benzene rings is 1. The Kier molecular flexibility index (Phi) is 4.76. The van der Waals surface area contributed by atoms with E-state index in [9.17, 15) is 4.79 Å². The Bertz CT molecular complexity index is 738. The monoisotopic (exact) mass is 325 g/mol. The molecular weight excluding hydrogens is 302 g/mol. The Hall–Kier alpha value is -2.47. The van der Waals surface area contributed by atoms with E-state index in [-0.39, 0.29) is 5.91 Å². The Balaban J connectivity index is 1.76. The fourth-order valence-electron chi connectivity index (χ4n) is 2.70. The lowest BCUT2D eigenvalue weighted by Gasteiger charge is -2.32. The van der Waals surface area contributed by atoms with Crippen LogP contribution >= 0.6 is 0 Å². The number of carbonyl (C=O) groups is 1. The van der Waals surface area contributed by atoms with Gasteiger partial charge in [0.25, 0.3) is 5.91 Å². The molecule has 1 aliphatic heterocycles. The quantitative estimate of drug-likeness (QED) is 0.937. The first kappa shape index (κ1) is 16.4. The third-order valence-corrected chi connectivity index (χ3v) is 4.30. The SMILES string of the molecule is Cc1ccc(C)c(Nc2nccc(C(=O)N3CCN(C)CC3)n2)c1. The van der Waals surface area contributed by atoms with Crippen LogP contribution in [0.2, 0.25) is 0 Å². The second-order valence-corrected chi connectivity index (χ2v) is 6.30. The zero-order valence-corrected chi connectivity index (χ0v) is 14.4. The van der Waals surface area contributed by atoms with Crippen LogP contribution in [0.3, 0.4) is 0 Å². The number of hydrogen-bond acceptors (Lipinski definition) is 5. The first-order valence-electron chi connectivity index (χ1n) is 8.18. The normalized spacial score (nSPS) is 15.4. The van der Waals surface area contributed by atoms with Crippen LogP contribution in [0, 0.1) is 13.8 Å². The molecule has 6 heteroatoms. The number of nitrogens with one attached hydrogen (secondary N) is 1. The van der Waals surface area contributed by atoms with Gasteiger partial charge in [-0.15, -0.1) is 0 Å². The molecule has 0 aliphatic carbocycles. The van der Waals surface area contributed by atoms with Gasteiger partial charge >= 0.3 is 0 Å². The van der Waals surface area contributed by atoms with Crippen molar-refractivity contribution in [1.29, 1.82) is 0 Å². The van der Waals surface area contributed by atoms with E-state index in [1.807, 2.05) is 24.8 Å². The van der Waals surface area contributed by atoms with Crippen LogP contribution in [0.5, 0.6) is 0 Å². The van der Waals surface area contributed by atoms with E-state index in [0.717, 1.165) is 43.0 Å². The van der Waals surface area contributed by atoms with Crippen LogP contribution in [0.4, 0.5) is 11.6 Å². The molecule has 1 amide bonds. The van der Waals surface area contributed by atoms with Crippen LogP contribution in [0.25, 0.3) is 0 Å². The minimum atomic E-state index is -0.0329. The summed E-state index contributed by atoms with van der Waals surface area (Å²) < 4.78 is 0. The molecule has 1 saturated heterocycles. The summed E-state index contributed by atoms with van der Waals surface area (Å²) in [5.41, 5.74) is 3.66. The van der Waals surface area contributed by atoms with Crippen molar-refractivity contribution in [1.82, 2.24) is 19.8 Å². The van der Waals surface area contributed by atoms with Gasteiger partial charge in [-0.1, -0.05) is 12.1 Å². The van der Waals surface area contributed by atoms with E-state index in [1.54, 1.807) is 12.3 Å². The lowest BCUT2D eigenvalue weighted by atomic mass is 10.1. The van der Waals surface area contributed by atoms with Crippen molar-refractivity contribution in [3.05, 3.63) is 47.3 Å². The molecule has 2 heterocycles. The second-order valence-electron chi connectivity index (χ2n) is 6.30. The average molecular weight is 325 g/mol. The van der Waals surface area contributed by atoms with E-state index in [0.29, 0.717) is 11.6 Å². The van der Waals surface area contributed by atoms with Crippen LogP contribution in [0.15, 0.2) is 30.5 Å². The van der Waals surface area contributed by atoms with Crippen molar-refractivity contribution in [2.45, 2.75) is 13.8 Å². The van der Waals surface area contributed by atoms with E-state index >= 15 is 0 Å². The minimum absolute atomic E-state index is 0.0329. The Labute approximate surface area is 142 Å². The number of aromatic nitrogens is 2. The maximum Gasteiger partial charge on any atom is 0.272 e. The van der Waals surface area contributed by atoms with Gasteiger partial charge in [0.1, 0.15) is 5.69 Å². The molecule has 1 N–H and O–H groups in total. The van der Waals surface area contributed by atoms with Gasteiger partial charge in [-0.25, -0.2) is 9.97 Å². The van der Waals surface area contributed by atoms with E-state index in [4.69, 9.17) is 0 Å². The molecule has 0 radical (unpaired) electrons. The molecule has 1 aliphatic rings. The first-order valence-corrected chi connectivity index (χ1v) is 8.18. The fraction of sp³-hybridized carbons (Fsp3) is 0.389. The van der Waals surface area contributed by atoms with Crippen LogP contribution < -0.4 is 5.32 Å². The molecule has 24 heavy (non-hydrogen) atoms. The fourth-order valence-corrected chi connectivity index (χ4v) is 2.70. The lowest BCUT2D eigenvalue weighted by Crippen LogP contribution is -2.47. The van der Waals surface area contributed by atoms with Crippen molar-refractivity contribution in [3.8, 4) is 0 Å². The van der Waals surface area contributed by atoms with Crippen LogP contribution in [-0.4, -0.2) is 58.9 Å². The van der Waals surface area contributed by atoms with Crippen molar-refractivity contribution in [2.24, 2.45) is 0 Å². The predicted octanol–water partition coefficient (Wildman–Crippen LogP) is 2.22. The topological polar surface area (TPSA) is 61.4 Å². The summed E-state index contributed by atoms with van der Waals surface area (Å²) >= 11 is 0. The standard InChI is InChI=1S/C18H23N5O/c1-13-4-5-14(2)16(12-13)21-18-19-7-6-15(20-18)17(24)23-10-8-22(3)9-11-23/h4-7,12H,8-11H2,1-3H3,(H,19,20,21). The maximum atomic E-state index is 12.6. The summed E-state index contributed by atoms with van der Waals surface area (Å²) in [6.07, 6.45) is 1.63. The molecule has 0 saturated carbocycles. The molecule has 1 fully saturated rings. The van der Waals surface area contributed by atoms with Gasteiger partial charge < -0.3 is 15.1 Å². The van der Waals surface area contributed by atoms with Crippen LogP contribution in [0.1, 0.15) is 21.6 Å². The summed E-state index contributed by atoms with van der Waals surface area (Å²) in [4.78, 5) is 25.3. The lowest BCUT2D eigenvalue weighted by molar-refractivity contribution is 0.0658. The van der Waals surface area contributed by atoms with Crippen molar-refractivity contribution in [3.63, 3.8) is 0 Å². The molecule has 0 bridgehead atoms. The summed E-state index contributed by atoms with van der Waals surface area (Å²) in [7, 11) is 2.07. The van der Waals surface area contributed by atoms with Crippen molar-refractivity contribution in [2.75, 3.05) is 38.5 Å². The molecule has 2 aromatic rings. The van der Waals surface area contributed by atoms with Crippen LogP contribution in [-0.2, 0) is 0 Å². The van der Waals surface area contributed by atoms with Gasteiger partial charge in [0, 0.05) is 38.1 Å². The third-order valence-electron chi connectivity index (χ3n) is 4.30. The first-order chi connectivity index (χ1) is 11.5. The molecular formula is C18H23N5O. The highest BCUT2D eigenvalue weighted by Crippen LogP contribution is 2.20. The molecule has 1 aromatic heterocycles. The molecule has 0 atom stereocenters. The number of aryl methyl sites for hydroxylation is 2. The van der Waals surface area contributed by atoms with E-state index in [1.165, 1.54) is 0 Å². The van der Waals surface area contributed by atoms with Gasteiger partial charge in [-0.3, -0.25) is 4.79 Å². The largest absolute Gasteiger partial charge is 0.335 e. The summed E-state index contributed by atoms with van der Waals surface area (Å²) in [6.45, 7) is 7.33. The number of likely N-dealkylation sites (N-methyl/N-ethyl adjacent to an activating group) is 1. The van der Waals surface area contributed by atoms with Crippen molar-refractivity contribution >= 4 is 17.5 Å². The number of rotatable bonds is 3. The maximum absolute atomic E-state index is 12.6. The predicted molar refractivity (Wildman–Crippen MR) is 94.6 cm³/mol. The van der Waals surface area contributed by atoms with Gasteiger partial charge in [-0.05, 0) is 44.2 Å². The number of anilines is 2. The second kappa shape index (κ2) is 6.97.